The number of rotatable bonds is 5. The average Bonchev–Trinajstić information content (AvgIpc) is 2.74. The molecule has 2 heterocycles. The zero-order chi connectivity index (χ0) is 19.3. The van der Waals surface area contributed by atoms with Crippen molar-refractivity contribution in [3.8, 4) is 11.4 Å². The van der Waals surface area contributed by atoms with E-state index >= 15 is 0 Å². The molecule has 0 amide bonds. The van der Waals surface area contributed by atoms with Gasteiger partial charge in [-0.05, 0) is 25.1 Å². The van der Waals surface area contributed by atoms with Gasteiger partial charge in [0, 0.05) is 44.4 Å². The molecule has 5 nitrogen and oxygen atoms in total. The molecule has 3 aromatic rings. The largest absolute Gasteiger partial charge is 0.366 e. The molecule has 1 N–H and O–H groups in total. The molecule has 1 aromatic heterocycles. The summed E-state index contributed by atoms with van der Waals surface area (Å²) in [4.78, 5) is 14.4. The average molecular weight is 374 g/mol. The van der Waals surface area contributed by atoms with Crippen LogP contribution in [0.2, 0.25) is 0 Å². The zero-order valence-electron chi connectivity index (χ0n) is 16.6. The van der Waals surface area contributed by atoms with E-state index in [-0.39, 0.29) is 0 Å². The molecule has 0 bridgehead atoms. The van der Waals surface area contributed by atoms with Crippen LogP contribution in [0.1, 0.15) is 11.1 Å². The predicted octanol–water partition coefficient (Wildman–Crippen LogP) is 3.82. The van der Waals surface area contributed by atoms with Crippen LogP contribution in [0.15, 0.2) is 60.7 Å². The second-order valence-corrected chi connectivity index (χ2v) is 7.37. The van der Waals surface area contributed by atoms with Crippen molar-refractivity contribution in [2.24, 2.45) is 0 Å². The topological polar surface area (TPSA) is 44.3 Å². The Bertz CT molecular complexity index is 917. The van der Waals surface area contributed by atoms with Crippen LogP contribution in [0.25, 0.3) is 11.4 Å². The van der Waals surface area contributed by atoms with Crippen LogP contribution in [0.4, 0.5) is 11.6 Å². The zero-order valence-corrected chi connectivity index (χ0v) is 16.6. The Morgan fingerprint density at radius 1 is 0.893 bits per heavy atom. The summed E-state index contributed by atoms with van der Waals surface area (Å²) >= 11 is 0. The standard InChI is InChI=1S/C23H27N5/c1-18-8-6-7-11-20(18)17-24-21-16-22(28-14-12-27(2)13-15-28)26-23(25-21)19-9-4-3-5-10-19/h3-11,16H,12-15,17H2,1-2H3,(H,24,25,26). The highest BCUT2D eigenvalue weighted by Gasteiger charge is 2.17. The van der Waals surface area contributed by atoms with Gasteiger partial charge in [-0.3, -0.25) is 0 Å². The molecule has 2 aromatic carbocycles. The number of aryl methyl sites for hydroxylation is 1. The summed E-state index contributed by atoms with van der Waals surface area (Å²) in [6.07, 6.45) is 0. The minimum atomic E-state index is 0.750. The van der Waals surface area contributed by atoms with Gasteiger partial charge in [0.1, 0.15) is 11.6 Å². The molecule has 0 unspecified atom stereocenters. The van der Waals surface area contributed by atoms with Crippen LogP contribution < -0.4 is 10.2 Å². The summed E-state index contributed by atoms with van der Waals surface area (Å²) in [5.41, 5.74) is 3.60. The molecule has 1 saturated heterocycles. The van der Waals surface area contributed by atoms with Crippen molar-refractivity contribution in [1.82, 2.24) is 14.9 Å². The van der Waals surface area contributed by atoms with Crippen molar-refractivity contribution >= 4 is 11.6 Å². The Hall–Kier alpha value is -2.92. The van der Waals surface area contributed by atoms with Gasteiger partial charge in [0.05, 0.1) is 0 Å². The molecule has 1 aliphatic rings. The van der Waals surface area contributed by atoms with Crippen molar-refractivity contribution in [2.45, 2.75) is 13.5 Å². The Labute approximate surface area is 167 Å². The van der Waals surface area contributed by atoms with Crippen molar-refractivity contribution in [2.75, 3.05) is 43.4 Å². The number of benzene rings is 2. The number of piperazine rings is 1. The third-order valence-electron chi connectivity index (χ3n) is 5.29. The predicted molar refractivity (Wildman–Crippen MR) is 116 cm³/mol. The Morgan fingerprint density at radius 2 is 1.61 bits per heavy atom. The number of hydrogen-bond acceptors (Lipinski definition) is 5. The third-order valence-corrected chi connectivity index (χ3v) is 5.29. The van der Waals surface area contributed by atoms with Gasteiger partial charge in [-0.25, -0.2) is 9.97 Å². The molecular weight excluding hydrogens is 346 g/mol. The van der Waals surface area contributed by atoms with Gasteiger partial charge in [0.15, 0.2) is 5.82 Å². The number of nitrogens with one attached hydrogen (secondary N) is 1. The minimum Gasteiger partial charge on any atom is -0.366 e. The van der Waals surface area contributed by atoms with Crippen LogP contribution in [0, 0.1) is 6.92 Å². The van der Waals surface area contributed by atoms with Gasteiger partial charge in [-0.1, -0.05) is 54.6 Å². The van der Waals surface area contributed by atoms with E-state index in [1.807, 2.05) is 18.2 Å². The fraction of sp³-hybridized carbons (Fsp3) is 0.304. The monoisotopic (exact) mass is 373 g/mol. The van der Waals surface area contributed by atoms with Gasteiger partial charge >= 0.3 is 0 Å². The SMILES string of the molecule is Cc1ccccc1CNc1cc(N2CCN(C)CC2)nc(-c2ccccc2)n1. The number of anilines is 2. The van der Waals surface area contributed by atoms with E-state index in [4.69, 9.17) is 9.97 Å². The van der Waals surface area contributed by atoms with E-state index in [1.54, 1.807) is 0 Å². The number of likely N-dealkylation sites (N-methyl/N-ethyl adjacent to an activating group) is 1. The maximum absolute atomic E-state index is 4.88. The van der Waals surface area contributed by atoms with Crippen LogP contribution >= 0.6 is 0 Å². The van der Waals surface area contributed by atoms with Crippen molar-refractivity contribution in [3.05, 3.63) is 71.8 Å². The fourth-order valence-electron chi connectivity index (χ4n) is 3.43. The van der Waals surface area contributed by atoms with Crippen molar-refractivity contribution in [1.29, 1.82) is 0 Å². The molecule has 144 valence electrons. The molecule has 0 aliphatic carbocycles. The van der Waals surface area contributed by atoms with Crippen LogP contribution in [0.3, 0.4) is 0 Å². The van der Waals surface area contributed by atoms with E-state index in [1.165, 1.54) is 11.1 Å². The van der Waals surface area contributed by atoms with E-state index in [0.717, 1.165) is 55.7 Å². The van der Waals surface area contributed by atoms with E-state index < -0.39 is 0 Å². The van der Waals surface area contributed by atoms with Crippen LogP contribution in [-0.4, -0.2) is 48.1 Å². The lowest BCUT2D eigenvalue weighted by molar-refractivity contribution is 0.312. The highest BCUT2D eigenvalue weighted by molar-refractivity contribution is 5.62. The molecule has 0 spiro atoms. The molecular formula is C23H27N5. The second kappa shape index (κ2) is 8.40. The lowest BCUT2D eigenvalue weighted by Crippen LogP contribution is -2.44. The normalized spacial score (nSPS) is 14.9. The lowest BCUT2D eigenvalue weighted by atomic mass is 10.1. The van der Waals surface area contributed by atoms with Crippen molar-refractivity contribution in [3.63, 3.8) is 0 Å². The molecule has 4 rings (SSSR count). The summed E-state index contributed by atoms with van der Waals surface area (Å²) < 4.78 is 0. The van der Waals surface area contributed by atoms with Crippen molar-refractivity contribution < 1.29 is 0 Å². The molecule has 5 heteroatoms. The highest BCUT2D eigenvalue weighted by Crippen LogP contribution is 2.24. The quantitative estimate of drug-likeness (QED) is 0.737. The summed E-state index contributed by atoms with van der Waals surface area (Å²) in [6, 6.07) is 20.7. The number of nitrogens with zero attached hydrogens (tertiary/aromatic N) is 4. The first-order valence-electron chi connectivity index (χ1n) is 9.85. The Balaban J connectivity index is 1.63. The minimum absolute atomic E-state index is 0.750. The van der Waals surface area contributed by atoms with Gasteiger partial charge in [0.25, 0.3) is 0 Å². The first-order valence-corrected chi connectivity index (χ1v) is 9.85. The third kappa shape index (κ3) is 4.31. The molecule has 0 radical (unpaired) electrons. The molecule has 1 fully saturated rings. The molecule has 0 saturated carbocycles. The second-order valence-electron chi connectivity index (χ2n) is 7.37. The Kier molecular flexibility index (Phi) is 5.53. The summed E-state index contributed by atoms with van der Waals surface area (Å²) in [5, 5.41) is 3.51. The summed E-state index contributed by atoms with van der Waals surface area (Å²) in [7, 11) is 2.17. The maximum Gasteiger partial charge on any atom is 0.163 e. The van der Waals surface area contributed by atoms with E-state index in [2.05, 4.69) is 71.6 Å². The maximum atomic E-state index is 4.88. The highest BCUT2D eigenvalue weighted by atomic mass is 15.3. The van der Waals surface area contributed by atoms with E-state index in [0.29, 0.717) is 0 Å². The Morgan fingerprint density at radius 3 is 2.36 bits per heavy atom. The van der Waals surface area contributed by atoms with Crippen LogP contribution in [0.5, 0.6) is 0 Å². The van der Waals surface area contributed by atoms with Gasteiger partial charge < -0.3 is 15.1 Å². The smallest absolute Gasteiger partial charge is 0.163 e. The number of aromatic nitrogens is 2. The van der Waals surface area contributed by atoms with E-state index in [9.17, 15) is 0 Å². The fourth-order valence-corrected chi connectivity index (χ4v) is 3.43. The number of hydrogen-bond donors (Lipinski definition) is 1. The molecule has 28 heavy (non-hydrogen) atoms. The molecule has 1 aliphatic heterocycles. The molecule has 0 atom stereocenters. The first-order chi connectivity index (χ1) is 13.7. The lowest BCUT2D eigenvalue weighted by Gasteiger charge is -2.33. The van der Waals surface area contributed by atoms with Gasteiger partial charge in [-0.15, -0.1) is 0 Å². The summed E-state index contributed by atoms with van der Waals surface area (Å²) in [6.45, 7) is 6.97. The summed E-state index contributed by atoms with van der Waals surface area (Å²) in [5.74, 6) is 2.63. The van der Waals surface area contributed by atoms with Gasteiger partial charge in [0.2, 0.25) is 0 Å². The van der Waals surface area contributed by atoms with Gasteiger partial charge in [-0.2, -0.15) is 0 Å². The first kappa shape index (κ1) is 18.4. The van der Waals surface area contributed by atoms with Crippen LogP contribution in [-0.2, 0) is 6.54 Å².